The maximum Gasteiger partial charge on any atom is 0.0576 e. The molecule has 0 aromatic heterocycles. The zero-order valence-electron chi connectivity index (χ0n) is 12.0. The van der Waals surface area contributed by atoms with Crippen molar-refractivity contribution < 1.29 is 4.21 Å². The van der Waals surface area contributed by atoms with Gasteiger partial charge in [-0.25, -0.2) is 0 Å². The van der Waals surface area contributed by atoms with Crippen LogP contribution in [-0.2, 0) is 10.8 Å². The standard InChI is InChI=1S/C18H21NOS/c19-17-12-11-15(14-7-3-1-4-8-14)13-18(17)21(20)16-9-5-2-6-10-16/h1-10,15,17-18H,11-13,19H2. The number of hydrogen-bond acceptors (Lipinski definition) is 2. The Kier molecular flexibility index (Phi) is 4.51. The molecule has 2 N–H and O–H groups in total. The lowest BCUT2D eigenvalue weighted by atomic mass is 9.82. The van der Waals surface area contributed by atoms with E-state index in [1.807, 2.05) is 36.4 Å². The average molecular weight is 299 g/mol. The maximum absolute atomic E-state index is 12.8. The molecule has 3 rings (SSSR count). The van der Waals surface area contributed by atoms with Crippen LogP contribution in [0.5, 0.6) is 0 Å². The van der Waals surface area contributed by atoms with Crippen molar-refractivity contribution in [3.63, 3.8) is 0 Å². The van der Waals surface area contributed by atoms with Gasteiger partial charge in [0.15, 0.2) is 0 Å². The van der Waals surface area contributed by atoms with Crippen LogP contribution in [0.15, 0.2) is 65.6 Å². The van der Waals surface area contributed by atoms with Gasteiger partial charge in [0.05, 0.1) is 16.0 Å². The molecule has 1 aliphatic carbocycles. The van der Waals surface area contributed by atoms with Crippen LogP contribution in [0.25, 0.3) is 0 Å². The third-order valence-corrected chi connectivity index (χ3v) is 6.19. The minimum Gasteiger partial charge on any atom is -0.327 e. The summed E-state index contributed by atoms with van der Waals surface area (Å²) in [7, 11) is -1.02. The Hall–Kier alpha value is -1.45. The van der Waals surface area contributed by atoms with E-state index in [9.17, 15) is 4.21 Å². The minimum atomic E-state index is -1.02. The molecule has 110 valence electrons. The summed E-state index contributed by atoms with van der Waals surface area (Å²) in [6.45, 7) is 0. The highest BCUT2D eigenvalue weighted by atomic mass is 32.2. The first kappa shape index (κ1) is 14.5. The Morgan fingerprint density at radius 2 is 1.52 bits per heavy atom. The van der Waals surface area contributed by atoms with Crippen LogP contribution in [0.2, 0.25) is 0 Å². The number of benzene rings is 2. The first-order chi connectivity index (χ1) is 10.3. The van der Waals surface area contributed by atoms with Crippen LogP contribution in [-0.4, -0.2) is 15.5 Å². The molecule has 0 radical (unpaired) electrons. The first-order valence-corrected chi connectivity index (χ1v) is 8.73. The molecule has 0 amide bonds. The van der Waals surface area contributed by atoms with E-state index in [-0.39, 0.29) is 11.3 Å². The molecule has 0 saturated heterocycles. The summed E-state index contributed by atoms with van der Waals surface area (Å²) in [6, 6.07) is 20.3. The Morgan fingerprint density at radius 3 is 2.19 bits per heavy atom. The molecule has 0 heterocycles. The van der Waals surface area contributed by atoms with Gasteiger partial charge < -0.3 is 5.73 Å². The highest BCUT2D eigenvalue weighted by molar-refractivity contribution is 7.85. The summed E-state index contributed by atoms with van der Waals surface area (Å²) in [5, 5.41) is 0.0476. The molecule has 4 atom stereocenters. The molecule has 2 aromatic carbocycles. The van der Waals surface area contributed by atoms with Gasteiger partial charge >= 0.3 is 0 Å². The Balaban J connectivity index is 1.79. The van der Waals surface area contributed by atoms with Crippen LogP contribution in [0.3, 0.4) is 0 Å². The average Bonchev–Trinajstić information content (AvgIpc) is 2.56. The zero-order chi connectivity index (χ0) is 14.7. The van der Waals surface area contributed by atoms with Crippen molar-refractivity contribution in [2.45, 2.75) is 41.4 Å². The van der Waals surface area contributed by atoms with Crippen molar-refractivity contribution in [1.82, 2.24) is 0 Å². The third kappa shape index (κ3) is 3.25. The van der Waals surface area contributed by atoms with Crippen molar-refractivity contribution in [3.8, 4) is 0 Å². The molecule has 4 unspecified atom stereocenters. The van der Waals surface area contributed by atoms with Crippen molar-refractivity contribution in [1.29, 1.82) is 0 Å². The highest BCUT2D eigenvalue weighted by Gasteiger charge is 2.33. The molecule has 2 nitrogen and oxygen atoms in total. The molecule has 3 heteroatoms. The summed E-state index contributed by atoms with van der Waals surface area (Å²) < 4.78 is 12.8. The molecular weight excluding hydrogens is 278 g/mol. The number of nitrogens with two attached hydrogens (primary N) is 1. The van der Waals surface area contributed by atoms with E-state index in [1.54, 1.807) is 0 Å². The normalized spacial score (nSPS) is 27.2. The second-order valence-corrected chi connectivity index (χ2v) is 7.41. The molecule has 1 aliphatic rings. The third-order valence-electron chi connectivity index (χ3n) is 4.36. The van der Waals surface area contributed by atoms with Crippen molar-refractivity contribution >= 4 is 10.8 Å². The molecule has 0 bridgehead atoms. The van der Waals surface area contributed by atoms with Crippen molar-refractivity contribution in [3.05, 3.63) is 66.2 Å². The predicted octanol–water partition coefficient (Wildman–Crippen LogP) is 3.46. The van der Waals surface area contributed by atoms with Crippen LogP contribution in [0, 0.1) is 0 Å². The predicted molar refractivity (Wildman–Crippen MR) is 87.6 cm³/mol. The molecule has 0 spiro atoms. The van der Waals surface area contributed by atoms with Gasteiger partial charge in [-0.05, 0) is 42.9 Å². The molecular formula is C18H21NOS. The summed E-state index contributed by atoms with van der Waals surface area (Å²) in [5.74, 6) is 0.476. The largest absolute Gasteiger partial charge is 0.327 e. The van der Waals surface area contributed by atoms with Crippen LogP contribution < -0.4 is 5.73 Å². The van der Waals surface area contributed by atoms with E-state index in [0.29, 0.717) is 5.92 Å². The van der Waals surface area contributed by atoms with Crippen LogP contribution >= 0.6 is 0 Å². The molecule has 21 heavy (non-hydrogen) atoms. The summed E-state index contributed by atoms with van der Waals surface area (Å²) >= 11 is 0. The smallest absolute Gasteiger partial charge is 0.0576 e. The lowest BCUT2D eigenvalue weighted by molar-refractivity contribution is 0.400. The van der Waals surface area contributed by atoms with Crippen molar-refractivity contribution in [2.24, 2.45) is 5.73 Å². The van der Waals surface area contributed by atoms with E-state index in [2.05, 4.69) is 24.3 Å². The van der Waals surface area contributed by atoms with E-state index >= 15 is 0 Å². The van der Waals surface area contributed by atoms with Crippen LogP contribution in [0.4, 0.5) is 0 Å². The van der Waals surface area contributed by atoms with Gasteiger partial charge in [-0.1, -0.05) is 48.5 Å². The molecule has 0 aliphatic heterocycles. The van der Waals surface area contributed by atoms with Gasteiger partial charge in [0.2, 0.25) is 0 Å². The Morgan fingerprint density at radius 1 is 0.905 bits per heavy atom. The van der Waals surface area contributed by atoms with Gasteiger partial charge in [0.1, 0.15) is 0 Å². The van der Waals surface area contributed by atoms with Crippen molar-refractivity contribution in [2.75, 3.05) is 0 Å². The van der Waals surface area contributed by atoms with Gasteiger partial charge in [0, 0.05) is 10.9 Å². The number of rotatable bonds is 3. The fourth-order valence-electron chi connectivity index (χ4n) is 3.16. The van der Waals surface area contributed by atoms with Crippen LogP contribution in [0.1, 0.15) is 30.7 Å². The fourth-order valence-corrected chi connectivity index (χ4v) is 4.79. The highest BCUT2D eigenvalue weighted by Crippen LogP contribution is 2.35. The first-order valence-electron chi connectivity index (χ1n) is 7.52. The quantitative estimate of drug-likeness (QED) is 0.943. The molecule has 1 fully saturated rings. The van der Waals surface area contributed by atoms with Gasteiger partial charge in [-0.15, -0.1) is 0 Å². The summed E-state index contributed by atoms with van der Waals surface area (Å²) in [4.78, 5) is 0.895. The second kappa shape index (κ2) is 6.54. The summed E-state index contributed by atoms with van der Waals surface area (Å²) in [5.41, 5.74) is 7.61. The van der Waals surface area contributed by atoms with E-state index in [4.69, 9.17) is 5.73 Å². The van der Waals surface area contributed by atoms with E-state index < -0.39 is 10.8 Å². The van der Waals surface area contributed by atoms with E-state index in [1.165, 1.54) is 5.56 Å². The fraction of sp³-hybridized carbons (Fsp3) is 0.333. The Labute approximate surface area is 128 Å². The lowest BCUT2D eigenvalue weighted by Crippen LogP contribution is -2.42. The number of hydrogen-bond donors (Lipinski definition) is 1. The Bertz CT molecular complexity index is 599. The second-order valence-electron chi connectivity index (χ2n) is 5.73. The SMILES string of the molecule is NC1CCC(c2ccccc2)CC1S(=O)c1ccccc1. The minimum absolute atomic E-state index is 0.0333. The monoisotopic (exact) mass is 299 g/mol. The van der Waals surface area contributed by atoms with Gasteiger partial charge in [-0.2, -0.15) is 0 Å². The molecule has 1 saturated carbocycles. The topological polar surface area (TPSA) is 43.1 Å². The molecule has 2 aromatic rings. The van der Waals surface area contributed by atoms with Gasteiger partial charge in [-0.3, -0.25) is 4.21 Å². The van der Waals surface area contributed by atoms with E-state index in [0.717, 1.165) is 24.2 Å². The lowest BCUT2D eigenvalue weighted by Gasteiger charge is -2.33. The van der Waals surface area contributed by atoms with Gasteiger partial charge in [0.25, 0.3) is 0 Å². The maximum atomic E-state index is 12.8. The zero-order valence-corrected chi connectivity index (χ0v) is 12.8. The summed E-state index contributed by atoms with van der Waals surface area (Å²) in [6.07, 6.45) is 2.95.